The van der Waals surface area contributed by atoms with Crippen molar-refractivity contribution < 1.29 is 9.47 Å². The van der Waals surface area contributed by atoms with Gasteiger partial charge in [-0.3, -0.25) is 4.90 Å². The molecule has 0 aromatic carbocycles. The van der Waals surface area contributed by atoms with Gasteiger partial charge in [0, 0.05) is 75.8 Å². The van der Waals surface area contributed by atoms with E-state index in [2.05, 4.69) is 51.8 Å². The van der Waals surface area contributed by atoms with Crippen LogP contribution in [0.1, 0.15) is 57.7 Å². The quantitative estimate of drug-likeness (QED) is 0.269. The number of allylic oxidation sites excluding steroid dienone is 3. The zero-order chi connectivity index (χ0) is 30.5. The van der Waals surface area contributed by atoms with Gasteiger partial charge in [-0.25, -0.2) is 15.0 Å². The van der Waals surface area contributed by atoms with Crippen molar-refractivity contribution >= 4 is 28.2 Å². The first-order valence-electron chi connectivity index (χ1n) is 15.7. The van der Waals surface area contributed by atoms with Crippen molar-refractivity contribution in [3.63, 3.8) is 0 Å². The summed E-state index contributed by atoms with van der Waals surface area (Å²) in [6.07, 6.45) is 14.7. The molecular weight excluding hydrogens is 540 g/mol. The fourth-order valence-electron chi connectivity index (χ4n) is 6.57. The molecule has 3 aliphatic heterocycles. The SMILES string of the molecule is C#C/C(=C(\C=C(/C)c1cnc(N)c2nc(CC)c(NC3CCOCC3)nc12)OC)N1CCC(N2CCN(C)CC2)CC1C. The van der Waals surface area contributed by atoms with Gasteiger partial charge in [0.25, 0.3) is 0 Å². The molecular formula is C33H48N8O2. The highest BCUT2D eigenvalue weighted by Gasteiger charge is 2.32. The van der Waals surface area contributed by atoms with Crippen LogP contribution >= 0.6 is 0 Å². The summed E-state index contributed by atoms with van der Waals surface area (Å²) >= 11 is 0. The molecule has 3 fully saturated rings. The number of nitrogens with one attached hydrogen (secondary N) is 1. The minimum atomic E-state index is 0.300. The average Bonchev–Trinajstić information content (AvgIpc) is 3.02. The Hall–Kier alpha value is -3.39. The van der Waals surface area contributed by atoms with Crippen molar-refractivity contribution in [2.24, 2.45) is 0 Å². The van der Waals surface area contributed by atoms with Gasteiger partial charge in [-0.05, 0) is 70.6 Å². The Kier molecular flexibility index (Phi) is 10.1. The summed E-state index contributed by atoms with van der Waals surface area (Å²) < 4.78 is 11.5. The minimum absolute atomic E-state index is 0.300. The van der Waals surface area contributed by atoms with E-state index in [-0.39, 0.29) is 0 Å². The number of methoxy groups -OCH3 is 1. The topological polar surface area (TPSA) is 105 Å². The number of likely N-dealkylation sites (tertiary alicyclic amines) is 1. The fraction of sp³-hybridized carbons (Fsp3) is 0.606. The molecule has 2 aromatic heterocycles. The molecule has 2 aromatic rings. The van der Waals surface area contributed by atoms with E-state index in [0.29, 0.717) is 40.7 Å². The number of aryl methyl sites for hydroxylation is 1. The monoisotopic (exact) mass is 588 g/mol. The van der Waals surface area contributed by atoms with E-state index >= 15 is 0 Å². The Morgan fingerprint density at radius 1 is 1.16 bits per heavy atom. The van der Waals surface area contributed by atoms with Crippen molar-refractivity contribution in [2.75, 3.05) is 71.1 Å². The van der Waals surface area contributed by atoms with Crippen LogP contribution in [0, 0.1) is 12.3 Å². The van der Waals surface area contributed by atoms with Crippen LogP contribution in [-0.2, 0) is 15.9 Å². The van der Waals surface area contributed by atoms with Crippen molar-refractivity contribution in [2.45, 2.75) is 71.0 Å². The van der Waals surface area contributed by atoms with Crippen LogP contribution in [0.25, 0.3) is 16.6 Å². The van der Waals surface area contributed by atoms with Crippen LogP contribution in [-0.4, -0.2) is 108 Å². The van der Waals surface area contributed by atoms with Crippen LogP contribution in [0.4, 0.5) is 11.6 Å². The largest absolute Gasteiger partial charge is 0.494 e. The van der Waals surface area contributed by atoms with Crippen LogP contribution in [0.3, 0.4) is 0 Å². The van der Waals surface area contributed by atoms with Crippen LogP contribution in [0.5, 0.6) is 0 Å². The van der Waals surface area contributed by atoms with E-state index in [1.807, 2.05) is 13.0 Å². The molecule has 0 bridgehead atoms. The predicted molar refractivity (Wildman–Crippen MR) is 173 cm³/mol. The third-order valence-corrected chi connectivity index (χ3v) is 9.25. The Morgan fingerprint density at radius 3 is 2.56 bits per heavy atom. The van der Waals surface area contributed by atoms with E-state index < -0.39 is 0 Å². The van der Waals surface area contributed by atoms with E-state index in [4.69, 9.17) is 31.6 Å². The lowest BCUT2D eigenvalue weighted by molar-refractivity contribution is 0.0570. The summed E-state index contributed by atoms with van der Waals surface area (Å²) in [6.45, 7) is 13.3. The number of likely N-dealkylation sites (N-methyl/N-ethyl adjacent to an activating group) is 1. The van der Waals surface area contributed by atoms with Gasteiger partial charge < -0.3 is 30.3 Å². The number of hydrogen-bond donors (Lipinski definition) is 2. The highest BCUT2D eigenvalue weighted by Crippen LogP contribution is 2.31. The molecule has 0 spiro atoms. The lowest BCUT2D eigenvalue weighted by atomic mass is 9.95. The number of fused-ring (bicyclic) bond motifs is 1. The van der Waals surface area contributed by atoms with E-state index in [9.17, 15) is 0 Å². The second-order valence-electron chi connectivity index (χ2n) is 12.1. The van der Waals surface area contributed by atoms with E-state index in [0.717, 1.165) is 106 Å². The summed E-state index contributed by atoms with van der Waals surface area (Å²) in [4.78, 5) is 21.9. The third kappa shape index (κ3) is 6.90. The van der Waals surface area contributed by atoms with Crippen molar-refractivity contribution in [1.29, 1.82) is 0 Å². The van der Waals surface area contributed by atoms with Crippen molar-refractivity contribution in [3.8, 4) is 12.3 Å². The number of pyridine rings is 1. The molecule has 3 saturated heterocycles. The van der Waals surface area contributed by atoms with Crippen LogP contribution in [0.15, 0.2) is 23.7 Å². The van der Waals surface area contributed by atoms with E-state index in [1.165, 1.54) is 0 Å². The van der Waals surface area contributed by atoms with Gasteiger partial charge in [0.05, 0.1) is 12.8 Å². The number of piperazine rings is 1. The molecule has 0 aliphatic carbocycles. The van der Waals surface area contributed by atoms with Gasteiger partial charge in [-0.1, -0.05) is 6.92 Å². The zero-order valence-electron chi connectivity index (χ0n) is 26.5. The predicted octanol–water partition coefficient (Wildman–Crippen LogP) is 3.76. The summed E-state index contributed by atoms with van der Waals surface area (Å²) in [6, 6.07) is 1.19. The second kappa shape index (κ2) is 13.9. The van der Waals surface area contributed by atoms with E-state index in [1.54, 1.807) is 13.3 Å². The summed E-state index contributed by atoms with van der Waals surface area (Å²) in [5.41, 5.74) is 11.1. The normalized spacial score (nSPS) is 23.6. The molecule has 2 atom stereocenters. The first kappa shape index (κ1) is 31.0. The molecule has 10 heteroatoms. The highest BCUT2D eigenvalue weighted by atomic mass is 16.5. The first-order chi connectivity index (χ1) is 20.8. The number of terminal acetylenes is 1. The number of aromatic nitrogens is 3. The molecule has 10 nitrogen and oxygen atoms in total. The standard InChI is InChI=1S/C33H48N8O2/c1-7-27-33(36-24-10-17-43-18-11-24)38-30-26(21-35-32(34)31(30)37-27)22(3)19-29(42-6)28(8-2)41-12-9-25(20-23(41)4)40-15-13-39(5)14-16-40/h2,19,21,23-25H,7,9-18,20H2,1,3-6H3,(H2,34,35)(H,36,38)/b22-19+,29-28-. The molecule has 2 unspecified atom stereocenters. The van der Waals surface area contributed by atoms with Gasteiger partial charge in [0.15, 0.2) is 11.6 Å². The molecule has 43 heavy (non-hydrogen) atoms. The molecule has 0 amide bonds. The number of rotatable bonds is 8. The Labute approximate surface area is 256 Å². The van der Waals surface area contributed by atoms with Crippen molar-refractivity contribution in [3.05, 3.63) is 35.0 Å². The summed E-state index contributed by atoms with van der Waals surface area (Å²) in [5.74, 6) is 4.79. The molecule has 3 aliphatic rings. The molecule has 232 valence electrons. The Balaban J connectivity index is 1.44. The molecule has 0 saturated carbocycles. The number of nitrogen functional groups attached to an aromatic ring is 1. The van der Waals surface area contributed by atoms with Gasteiger partial charge in [-0.2, -0.15) is 0 Å². The number of piperidine rings is 1. The molecule has 0 radical (unpaired) electrons. The van der Waals surface area contributed by atoms with Crippen LogP contribution in [0.2, 0.25) is 0 Å². The van der Waals surface area contributed by atoms with Gasteiger partial charge in [-0.15, -0.1) is 6.42 Å². The van der Waals surface area contributed by atoms with Gasteiger partial charge in [0.2, 0.25) is 0 Å². The number of hydrogen-bond acceptors (Lipinski definition) is 10. The first-order valence-corrected chi connectivity index (χ1v) is 15.7. The summed E-state index contributed by atoms with van der Waals surface area (Å²) in [7, 11) is 3.89. The number of anilines is 2. The Bertz CT molecular complexity index is 1390. The average molecular weight is 589 g/mol. The van der Waals surface area contributed by atoms with Crippen LogP contribution < -0.4 is 11.1 Å². The maximum atomic E-state index is 6.32. The molecule has 5 heterocycles. The second-order valence-corrected chi connectivity index (χ2v) is 12.1. The molecule has 3 N–H and O–H groups in total. The maximum absolute atomic E-state index is 6.32. The lowest BCUT2D eigenvalue weighted by Gasteiger charge is -2.45. The lowest BCUT2D eigenvalue weighted by Crippen LogP contribution is -2.54. The number of nitrogens with two attached hydrogens (primary N) is 1. The number of ether oxygens (including phenoxy) is 2. The van der Waals surface area contributed by atoms with Gasteiger partial charge >= 0.3 is 0 Å². The summed E-state index contributed by atoms with van der Waals surface area (Å²) in [5, 5.41) is 3.63. The number of nitrogens with zero attached hydrogens (tertiary/aromatic N) is 6. The minimum Gasteiger partial charge on any atom is -0.494 e. The van der Waals surface area contributed by atoms with Gasteiger partial charge in [0.1, 0.15) is 22.5 Å². The maximum Gasteiger partial charge on any atom is 0.151 e. The fourth-order valence-corrected chi connectivity index (χ4v) is 6.57. The third-order valence-electron chi connectivity index (χ3n) is 9.25. The Morgan fingerprint density at radius 2 is 1.91 bits per heavy atom. The smallest absolute Gasteiger partial charge is 0.151 e. The highest BCUT2D eigenvalue weighted by molar-refractivity contribution is 5.94. The molecule has 5 rings (SSSR count). The van der Waals surface area contributed by atoms with Crippen molar-refractivity contribution in [1.82, 2.24) is 29.7 Å². The zero-order valence-corrected chi connectivity index (χ0v) is 26.5.